The number of carbonyl (C=O) groups is 2. The van der Waals surface area contributed by atoms with Crippen molar-refractivity contribution in [3.8, 4) is 22.6 Å². The number of hydrogen-bond acceptors (Lipinski definition) is 6. The van der Waals surface area contributed by atoms with E-state index in [4.69, 9.17) is 9.26 Å². The first-order valence-corrected chi connectivity index (χ1v) is 16.6. The van der Waals surface area contributed by atoms with Crippen molar-refractivity contribution >= 4 is 11.9 Å². The molecule has 4 rings (SSSR count). The lowest BCUT2D eigenvalue weighted by molar-refractivity contribution is -0.160. The number of nitrogens with zero attached hydrogens (tertiary/aromatic N) is 3. The summed E-state index contributed by atoms with van der Waals surface area (Å²) in [6, 6.07) is 26.2. The summed E-state index contributed by atoms with van der Waals surface area (Å²) >= 11 is 0. The Morgan fingerprint density at radius 1 is 0.689 bits per heavy atom. The van der Waals surface area contributed by atoms with Crippen LogP contribution in [-0.2, 0) is 33.7 Å². The molecule has 0 saturated heterocycles. The zero-order valence-electron chi connectivity index (χ0n) is 26.9. The molecule has 45 heavy (non-hydrogen) atoms. The molecule has 0 aliphatic carbocycles. The molecule has 0 unspecified atom stereocenters. The predicted octanol–water partition coefficient (Wildman–Crippen LogP) is 8.61. The van der Waals surface area contributed by atoms with Gasteiger partial charge in [-0.15, -0.1) is 0 Å². The van der Waals surface area contributed by atoms with Gasteiger partial charge in [-0.3, -0.25) is 4.79 Å². The summed E-state index contributed by atoms with van der Waals surface area (Å²) in [6.07, 6.45) is 12.9. The fraction of sp³-hybridized carbons (Fsp3) is 0.421. The van der Waals surface area contributed by atoms with Gasteiger partial charge in [0.15, 0.2) is 5.82 Å². The highest BCUT2D eigenvalue weighted by Crippen LogP contribution is 2.21. The van der Waals surface area contributed by atoms with Gasteiger partial charge >= 0.3 is 11.9 Å². The zero-order valence-corrected chi connectivity index (χ0v) is 26.9. The Labute approximate surface area is 268 Å². The maximum absolute atomic E-state index is 13.0. The van der Waals surface area contributed by atoms with Crippen LogP contribution in [0, 0.1) is 0 Å². The standard InChI is InChI=1S/C38H47N3O4/c1-3-5-6-7-8-9-10-11-15-18-35-39-36(45-40-35)34-25-21-31(22-26-34)29-41(37(42)38(43)44-4-2)28-27-30-19-23-33(24-20-30)32-16-13-12-14-17-32/h12-14,16-17,19-26H,3-11,15,18,27-29H2,1-2H3. The minimum absolute atomic E-state index is 0.152. The number of unbranched alkanes of at least 4 members (excludes halogenated alkanes) is 8. The van der Waals surface area contributed by atoms with Crippen LogP contribution in [0.15, 0.2) is 83.4 Å². The van der Waals surface area contributed by atoms with Gasteiger partial charge in [-0.05, 0) is 54.2 Å². The molecule has 238 valence electrons. The van der Waals surface area contributed by atoms with Crippen molar-refractivity contribution in [1.82, 2.24) is 15.0 Å². The molecule has 1 aromatic heterocycles. The van der Waals surface area contributed by atoms with E-state index >= 15 is 0 Å². The van der Waals surface area contributed by atoms with Gasteiger partial charge in [0.1, 0.15) is 0 Å². The topological polar surface area (TPSA) is 85.5 Å². The number of aryl methyl sites for hydroxylation is 1. The van der Waals surface area contributed by atoms with Crippen molar-refractivity contribution in [2.75, 3.05) is 13.2 Å². The van der Waals surface area contributed by atoms with Gasteiger partial charge in [0.25, 0.3) is 5.89 Å². The second-order valence-corrected chi connectivity index (χ2v) is 11.6. The molecule has 0 radical (unpaired) electrons. The van der Waals surface area contributed by atoms with E-state index in [0.29, 0.717) is 18.9 Å². The van der Waals surface area contributed by atoms with Gasteiger partial charge in [0, 0.05) is 25.1 Å². The van der Waals surface area contributed by atoms with Crippen molar-refractivity contribution in [3.05, 3.63) is 95.8 Å². The third-order valence-corrected chi connectivity index (χ3v) is 8.02. The van der Waals surface area contributed by atoms with Gasteiger partial charge in [0.05, 0.1) is 6.61 Å². The number of ether oxygens (including phenoxy) is 1. The van der Waals surface area contributed by atoms with E-state index < -0.39 is 11.9 Å². The van der Waals surface area contributed by atoms with E-state index in [0.717, 1.165) is 46.5 Å². The van der Waals surface area contributed by atoms with Crippen molar-refractivity contribution in [2.45, 2.75) is 91.0 Å². The highest BCUT2D eigenvalue weighted by molar-refractivity contribution is 6.32. The molecule has 0 saturated carbocycles. The molecule has 1 heterocycles. The quantitative estimate of drug-likeness (QED) is 0.0638. The first-order chi connectivity index (χ1) is 22.1. The molecule has 0 spiro atoms. The first-order valence-electron chi connectivity index (χ1n) is 16.6. The summed E-state index contributed by atoms with van der Waals surface area (Å²) in [5.74, 6) is -0.246. The number of rotatable bonds is 18. The number of aromatic nitrogens is 2. The van der Waals surface area contributed by atoms with Crippen LogP contribution in [-0.4, -0.2) is 40.1 Å². The molecule has 4 aromatic rings. The maximum Gasteiger partial charge on any atom is 0.397 e. The van der Waals surface area contributed by atoms with Crippen molar-refractivity contribution in [3.63, 3.8) is 0 Å². The van der Waals surface area contributed by atoms with Gasteiger partial charge in [-0.25, -0.2) is 4.79 Å². The Kier molecular flexibility index (Phi) is 13.8. The molecule has 0 atom stereocenters. The van der Waals surface area contributed by atoms with Crippen LogP contribution < -0.4 is 0 Å². The van der Waals surface area contributed by atoms with E-state index in [-0.39, 0.29) is 13.2 Å². The number of hydrogen-bond donors (Lipinski definition) is 0. The third kappa shape index (κ3) is 11.0. The SMILES string of the molecule is CCCCCCCCCCCc1noc(-c2ccc(CN(CCc3ccc(-c4ccccc4)cc3)C(=O)C(=O)OCC)cc2)n1. The van der Waals surface area contributed by atoms with Crippen LogP contribution in [0.2, 0.25) is 0 Å². The minimum atomic E-state index is -0.834. The minimum Gasteiger partial charge on any atom is -0.459 e. The Morgan fingerprint density at radius 3 is 1.96 bits per heavy atom. The number of esters is 1. The average Bonchev–Trinajstić information content (AvgIpc) is 3.55. The van der Waals surface area contributed by atoms with E-state index in [1.807, 2.05) is 42.5 Å². The monoisotopic (exact) mass is 609 g/mol. The van der Waals surface area contributed by atoms with Crippen molar-refractivity contribution in [1.29, 1.82) is 0 Å². The van der Waals surface area contributed by atoms with E-state index in [9.17, 15) is 9.59 Å². The third-order valence-electron chi connectivity index (χ3n) is 8.02. The molecule has 0 N–H and O–H groups in total. The van der Waals surface area contributed by atoms with Crippen LogP contribution in [0.3, 0.4) is 0 Å². The Balaban J connectivity index is 1.30. The summed E-state index contributed by atoms with van der Waals surface area (Å²) in [5, 5.41) is 4.18. The number of amides is 1. The van der Waals surface area contributed by atoms with E-state index in [1.54, 1.807) is 11.8 Å². The summed E-state index contributed by atoms with van der Waals surface area (Å²) in [7, 11) is 0. The summed E-state index contributed by atoms with van der Waals surface area (Å²) in [5.41, 5.74) is 5.09. The molecule has 0 fully saturated rings. The van der Waals surface area contributed by atoms with Crippen LogP contribution in [0.4, 0.5) is 0 Å². The van der Waals surface area contributed by atoms with Gasteiger partial charge < -0.3 is 14.2 Å². The van der Waals surface area contributed by atoms with Crippen molar-refractivity contribution in [2.24, 2.45) is 0 Å². The van der Waals surface area contributed by atoms with E-state index in [2.05, 4.69) is 53.5 Å². The molecule has 0 aliphatic rings. The van der Waals surface area contributed by atoms with Crippen LogP contribution >= 0.6 is 0 Å². The lowest BCUT2D eigenvalue weighted by Gasteiger charge is -2.22. The van der Waals surface area contributed by atoms with Gasteiger partial charge in [-0.1, -0.05) is 130 Å². The van der Waals surface area contributed by atoms with Crippen LogP contribution in [0.5, 0.6) is 0 Å². The second-order valence-electron chi connectivity index (χ2n) is 11.6. The molecule has 7 nitrogen and oxygen atoms in total. The Bertz CT molecular complexity index is 1430. The highest BCUT2D eigenvalue weighted by atomic mass is 16.5. The zero-order chi connectivity index (χ0) is 31.7. The summed E-state index contributed by atoms with van der Waals surface area (Å²) in [6.45, 7) is 4.77. The molecule has 0 aliphatic heterocycles. The predicted molar refractivity (Wildman–Crippen MR) is 178 cm³/mol. The molecular weight excluding hydrogens is 562 g/mol. The first kappa shape index (κ1) is 33.6. The fourth-order valence-corrected chi connectivity index (χ4v) is 5.37. The lowest BCUT2D eigenvalue weighted by atomic mass is 10.0. The lowest BCUT2D eigenvalue weighted by Crippen LogP contribution is -2.38. The maximum atomic E-state index is 13.0. The largest absolute Gasteiger partial charge is 0.459 e. The fourth-order valence-electron chi connectivity index (χ4n) is 5.37. The van der Waals surface area contributed by atoms with Crippen molar-refractivity contribution < 1.29 is 18.8 Å². The van der Waals surface area contributed by atoms with E-state index in [1.165, 1.54) is 51.4 Å². The summed E-state index contributed by atoms with van der Waals surface area (Å²) < 4.78 is 10.6. The van der Waals surface area contributed by atoms with Gasteiger partial charge in [0.2, 0.25) is 0 Å². The average molecular weight is 610 g/mol. The number of benzene rings is 3. The smallest absolute Gasteiger partial charge is 0.397 e. The molecule has 0 bridgehead atoms. The highest BCUT2D eigenvalue weighted by Gasteiger charge is 2.23. The Morgan fingerprint density at radius 2 is 1.29 bits per heavy atom. The summed E-state index contributed by atoms with van der Waals surface area (Å²) in [4.78, 5) is 31.5. The Hall–Kier alpha value is -4.26. The normalized spacial score (nSPS) is 11.0. The van der Waals surface area contributed by atoms with Crippen LogP contribution in [0.25, 0.3) is 22.6 Å². The molecular formula is C38H47N3O4. The molecule has 3 aromatic carbocycles. The van der Waals surface area contributed by atoms with Gasteiger partial charge in [-0.2, -0.15) is 4.98 Å². The second kappa shape index (κ2) is 18.5. The van der Waals surface area contributed by atoms with Crippen LogP contribution in [0.1, 0.15) is 88.6 Å². The number of carbonyl (C=O) groups excluding carboxylic acids is 2. The molecule has 7 heteroatoms. The molecule has 1 amide bonds.